The summed E-state index contributed by atoms with van der Waals surface area (Å²) in [5, 5.41) is 11.0. The molecule has 1 aromatic heterocycles. The van der Waals surface area contributed by atoms with Gasteiger partial charge in [-0.15, -0.1) is 0 Å². The first kappa shape index (κ1) is 11.5. The molecule has 0 amide bonds. The molecule has 1 aromatic rings. The predicted molar refractivity (Wildman–Crippen MR) is 62.5 cm³/mol. The van der Waals surface area contributed by atoms with Crippen LogP contribution in [0.5, 0.6) is 0 Å². The minimum atomic E-state index is -0.506. The maximum atomic E-state index is 11.0. The first-order chi connectivity index (χ1) is 8.13. The molecule has 2 rings (SSSR count). The van der Waals surface area contributed by atoms with Crippen LogP contribution in [0, 0.1) is 16.0 Å². The van der Waals surface area contributed by atoms with Crippen LogP contribution in [-0.2, 0) is 0 Å². The number of hydrazine groups is 1. The Hall–Kier alpha value is -1.96. The molecule has 2 heterocycles. The molecular weight excluding hydrogens is 224 g/mol. The molecule has 1 fully saturated rings. The minimum Gasteiger partial charge on any atom is -0.350 e. The van der Waals surface area contributed by atoms with Gasteiger partial charge in [-0.3, -0.25) is 10.1 Å². The zero-order valence-electron chi connectivity index (χ0n) is 9.46. The first-order valence-corrected chi connectivity index (χ1v) is 5.34. The van der Waals surface area contributed by atoms with Gasteiger partial charge < -0.3 is 10.3 Å². The molecule has 1 atom stereocenters. The van der Waals surface area contributed by atoms with E-state index in [0.717, 1.165) is 19.5 Å². The summed E-state index contributed by atoms with van der Waals surface area (Å²) >= 11 is 0. The summed E-state index contributed by atoms with van der Waals surface area (Å²) in [6, 6.07) is 0. The van der Waals surface area contributed by atoms with E-state index in [1.165, 1.54) is 6.33 Å². The molecule has 0 aromatic carbocycles. The lowest BCUT2D eigenvalue weighted by atomic mass is 10.2. The lowest BCUT2D eigenvalue weighted by Gasteiger charge is -2.17. The molecule has 8 heteroatoms. The van der Waals surface area contributed by atoms with Crippen molar-refractivity contribution in [1.29, 1.82) is 0 Å². The molecule has 0 aliphatic carbocycles. The van der Waals surface area contributed by atoms with Gasteiger partial charge in [-0.1, -0.05) is 6.92 Å². The van der Waals surface area contributed by atoms with Crippen molar-refractivity contribution in [1.82, 2.24) is 9.97 Å². The highest BCUT2D eigenvalue weighted by molar-refractivity contribution is 5.70. The van der Waals surface area contributed by atoms with Gasteiger partial charge in [0.1, 0.15) is 6.33 Å². The molecule has 17 heavy (non-hydrogen) atoms. The van der Waals surface area contributed by atoms with E-state index in [-0.39, 0.29) is 11.5 Å². The van der Waals surface area contributed by atoms with Crippen molar-refractivity contribution >= 4 is 17.3 Å². The van der Waals surface area contributed by atoms with E-state index >= 15 is 0 Å². The summed E-state index contributed by atoms with van der Waals surface area (Å²) in [6.07, 6.45) is 2.28. The third kappa shape index (κ3) is 2.11. The van der Waals surface area contributed by atoms with Crippen LogP contribution in [0.2, 0.25) is 0 Å². The summed E-state index contributed by atoms with van der Waals surface area (Å²) < 4.78 is 0. The van der Waals surface area contributed by atoms with E-state index in [0.29, 0.717) is 11.7 Å². The second kappa shape index (κ2) is 4.50. The Morgan fingerprint density at radius 1 is 1.65 bits per heavy atom. The quantitative estimate of drug-likeness (QED) is 0.448. The lowest BCUT2D eigenvalue weighted by Crippen LogP contribution is -2.23. The summed E-state index contributed by atoms with van der Waals surface area (Å²) in [7, 11) is 0. The number of nitro groups is 1. The number of aromatic nitrogens is 2. The zero-order valence-corrected chi connectivity index (χ0v) is 9.46. The Bertz CT molecular complexity index is 437. The molecule has 0 spiro atoms. The smallest absolute Gasteiger partial charge is 0.350 e. The van der Waals surface area contributed by atoms with Crippen LogP contribution >= 0.6 is 0 Å². The van der Waals surface area contributed by atoms with Gasteiger partial charge in [-0.05, 0) is 12.3 Å². The third-order valence-corrected chi connectivity index (χ3v) is 2.85. The first-order valence-electron chi connectivity index (χ1n) is 5.34. The van der Waals surface area contributed by atoms with Gasteiger partial charge in [-0.2, -0.15) is 0 Å². The van der Waals surface area contributed by atoms with E-state index in [2.05, 4.69) is 22.3 Å². The Kier molecular flexibility index (Phi) is 3.05. The largest absolute Gasteiger partial charge is 0.354 e. The van der Waals surface area contributed by atoms with Gasteiger partial charge >= 0.3 is 5.69 Å². The predicted octanol–water partition coefficient (Wildman–Crippen LogP) is 0.517. The Balaban J connectivity index is 2.42. The Morgan fingerprint density at radius 3 is 2.94 bits per heavy atom. The van der Waals surface area contributed by atoms with Gasteiger partial charge in [0.05, 0.1) is 4.92 Å². The Labute approximate surface area is 98.0 Å². The molecule has 1 unspecified atom stereocenters. The molecule has 8 nitrogen and oxygen atoms in total. The van der Waals surface area contributed by atoms with Crippen LogP contribution in [0.4, 0.5) is 17.3 Å². The van der Waals surface area contributed by atoms with E-state index in [1.807, 2.05) is 4.90 Å². The van der Waals surface area contributed by atoms with Crippen LogP contribution in [0.25, 0.3) is 0 Å². The van der Waals surface area contributed by atoms with Crippen molar-refractivity contribution in [3.05, 3.63) is 16.4 Å². The normalized spacial score (nSPS) is 19.4. The number of rotatable bonds is 3. The second-order valence-electron chi connectivity index (χ2n) is 4.14. The van der Waals surface area contributed by atoms with Crippen molar-refractivity contribution in [3.8, 4) is 0 Å². The SMILES string of the molecule is CC1CCN(c2ncnc(NN)c2[N+](=O)[O-])C1. The van der Waals surface area contributed by atoms with Crippen molar-refractivity contribution in [2.45, 2.75) is 13.3 Å². The standard InChI is InChI=1S/C9H14N6O2/c1-6-2-3-14(4-6)9-7(15(16)17)8(13-10)11-5-12-9/h5-6H,2-4,10H2,1H3,(H,11,12,13). The molecular formula is C9H14N6O2. The van der Waals surface area contributed by atoms with E-state index in [1.54, 1.807) is 0 Å². The van der Waals surface area contributed by atoms with Gasteiger partial charge in [0, 0.05) is 13.1 Å². The van der Waals surface area contributed by atoms with Crippen molar-refractivity contribution in [3.63, 3.8) is 0 Å². The highest BCUT2D eigenvalue weighted by Crippen LogP contribution is 2.33. The summed E-state index contributed by atoms with van der Waals surface area (Å²) in [4.78, 5) is 20.2. The molecule has 3 N–H and O–H groups in total. The fourth-order valence-electron chi connectivity index (χ4n) is 2.00. The lowest BCUT2D eigenvalue weighted by molar-refractivity contribution is -0.383. The van der Waals surface area contributed by atoms with Gasteiger partial charge in [0.15, 0.2) is 0 Å². The molecule has 0 radical (unpaired) electrons. The van der Waals surface area contributed by atoms with Gasteiger partial charge in [0.25, 0.3) is 0 Å². The van der Waals surface area contributed by atoms with E-state index in [9.17, 15) is 10.1 Å². The zero-order chi connectivity index (χ0) is 12.4. The highest BCUT2D eigenvalue weighted by atomic mass is 16.6. The number of hydrogen-bond acceptors (Lipinski definition) is 7. The fourth-order valence-corrected chi connectivity index (χ4v) is 2.00. The van der Waals surface area contributed by atoms with Crippen LogP contribution in [0.15, 0.2) is 6.33 Å². The van der Waals surface area contributed by atoms with Gasteiger partial charge in [-0.25, -0.2) is 15.8 Å². The molecule has 1 saturated heterocycles. The monoisotopic (exact) mass is 238 g/mol. The minimum absolute atomic E-state index is 0.0413. The molecule has 1 aliphatic heterocycles. The molecule has 92 valence electrons. The summed E-state index contributed by atoms with van der Waals surface area (Å²) in [5.74, 6) is 6.11. The molecule has 1 aliphatic rings. The number of hydrogen-bond donors (Lipinski definition) is 2. The highest BCUT2D eigenvalue weighted by Gasteiger charge is 2.30. The third-order valence-electron chi connectivity index (χ3n) is 2.85. The van der Waals surface area contributed by atoms with Gasteiger partial charge in [0.2, 0.25) is 11.6 Å². The van der Waals surface area contributed by atoms with Crippen LogP contribution in [0.1, 0.15) is 13.3 Å². The molecule has 0 saturated carbocycles. The maximum Gasteiger partial charge on any atom is 0.354 e. The van der Waals surface area contributed by atoms with Crippen LogP contribution < -0.4 is 16.2 Å². The Morgan fingerprint density at radius 2 is 2.41 bits per heavy atom. The van der Waals surface area contributed by atoms with Crippen LogP contribution in [0.3, 0.4) is 0 Å². The van der Waals surface area contributed by atoms with Crippen LogP contribution in [-0.4, -0.2) is 28.0 Å². The fraction of sp³-hybridized carbons (Fsp3) is 0.556. The van der Waals surface area contributed by atoms with Crippen molar-refractivity contribution in [2.24, 2.45) is 11.8 Å². The number of nitrogen functional groups attached to an aromatic ring is 1. The number of anilines is 2. The second-order valence-corrected chi connectivity index (χ2v) is 4.14. The van der Waals surface area contributed by atoms with Crippen molar-refractivity contribution in [2.75, 3.05) is 23.4 Å². The van der Waals surface area contributed by atoms with E-state index < -0.39 is 4.92 Å². The number of nitrogens with two attached hydrogens (primary N) is 1. The topological polar surface area (TPSA) is 110 Å². The van der Waals surface area contributed by atoms with E-state index in [4.69, 9.17) is 5.84 Å². The molecule has 0 bridgehead atoms. The summed E-state index contributed by atoms with van der Waals surface area (Å²) in [5.41, 5.74) is 2.07. The maximum absolute atomic E-state index is 11.0. The number of nitrogens with zero attached hydrogens (tertiary/aromatic N) is 4. The summed E-state index contributed by atoms with van der Waals surface area (Å²) in [6.45, 7) is 3.64. The number of nitrogens with one attached hydrogen (secondary N) is 1. The van der Waals surface area contributed by atoms with Crippen molar-refractivity contribution < 1.29 is 4.92 Å². The average molecular weight is 238 g/mol. The average Bonchev–Trinajstić information content (AvgIpc) is 2.74.